The first kappa shape index (κ1) is 18.2. The molecule has 0 unspecified atom stereocenters. The van der Waals surface area contributed by atoms with E-state index in [0.717, 1.165) is 5.56 Å². The van der Waals surface area contributed by atoms with Crippen LogP contribution in [0.4, 0.5) is 4.39 Å². The van der Waals surface area contributed by atoms with Crippen molar-refractivity contribution in [2.45, 2.75) is 19.4 Å². The molecule has 0 radical (unpaired) electrons. The molecule has 136 valence electrons. The fraction of sp³-hybridized carbons (Fsp3) is 0.143. The highest BCUT2D eigenvalue weighted by molar-refractivity contribution is 5.92. The first-order chi connectivity index (χ1) is 13.0. The number of carbonyl (C=O) groups is 1. The molecular weight excluding hydrogens is 347 g/mol. The Balaban J connectivity index is 1.98. The number of hydrogen-bond donors (Lipinski definition) is 1. The Kier molecular flexibility index (Phi) is 5.23. The Morgan fingerprint density at radius 3 is 2.56 bits per heavy atom. The molecule has 2 aromatic rings. The molecule has 0 spiro atoms. The SMILES string of the molecule is CC1=C(C(=O)OCc2ccccc2)[C@@H](c2ccccc2F)C(C#N)=C(N)O1. The van der Waals surface area contributed by atoms with Crippen LogP contribution in [0.25, 0.3) is 0 Å². The number of benzene rings is 2. The summed E-state index contributed by atoms with van der Waals surface area (Å²) in [5.41, 5.74) is 6.80. The van der Waals surface area contributed by atoms with Crippen LogP contribution in [0.15, 0.2) is 77.4 Å². The molecule has 0 bridgehead atoms. The second-order valence-corrected chi connectivity index (χ2v) is 5.98. The molecule has 0 saturated carbocycles. The van der Waals surface area contributed by atoms with Crippen molar-refractivity contribution in [1.29, 1.82) is 5.26 Å². The summed E-state index contributed by atoms with van der Waals surface area (Å²) in [6.07, 6.45) is 0. The van der Waals surface area contributed by atoms with Crippen LogP contribution in [-0.4, -0.2) is 5.97 Å². The minimum absolute atomic E-state index is 0.0302. The number of nitrogens with two attached hydrogens (primary N) is 1. The van der Waals surface area contributed by atoms with Gasteiger partial charge in [0.15, 0.2) is 0 Å². The predicted octanol–water partition coefficient (Wildman–Crippen LogP) is 3.65. The second-order valence-electron chi connectivity index (χ2n) is 5.98. The summed E-state index contributed by atoms with van der Waals surface area (Å²) >= 11 is 0. The lowest BCUT2D eigenvalue weighted by Gasteiger charge is -2.27. The molecule has 6 heteroatoms. The zero-order valence-corrected chi connectivity index (χ0v) is 14.6. The lowest BCUT2D eigenvalue weighted by molar-refractivity contribution is -0.140. The van der Waals surface area contributed by atoms with Crippen LogP contribution in [0.3, 0.4) is 0 Å². The zero-order valence-electron chi connectivity index (χ0n) is 14.6. The Hall–Kier alpha value is -3.59. The molecule has 0 aromatic heterocycles. The van der Waals surface area contributed by atoms with E-state index in [1.807, 2.05) is 36.4 Å². The number of nitrogens with zero attached hydrogens (tertiary/aromatic N) is 1. The highest BCUT2D eigenvalue weighted by Crippen LogP contribution is 2.40. The van der Waals surface area contributed by atoms with Gasteiger partial charge < -0.3 is 15.2 Å². The molecule has 1 aliphatic rings. The number of ether oxygens (including phenoxy) is 2. The molecular formula is C21H17FN2O3. The molecule has 1 atom stereocenters. The van der Waals surface area contributed by atoms with Gasteiger partial charge in [-0.3, -0.25) is 0 Å². The number of allylic oxidation sites excluding steroid dienone is 2. The molecule has 27 heavy (non-hydrogen) atoms. The van der Waals surface area contributed by atoms with Gasteiger partial charge in [0.25, 0.3) is 0 Å². The van der Waals surface area contributed by atoms with Crippen molar-refractivity contribution in [1.82, 2.24) is 0 Å². The number of halogens is 1. The number of hydrogen-bond acceptors (Lipinski definition) is 5. The van der Waals surface area contributed by atoms with Crippen LogP contribution in [0.5, 0.6) is 0 Å². The van der Waals surface area contributed by atoms with Crippen molar-refractivity contribution in [2.75, 3.05) is 0 Å². The van der Waals surface area contributed by atoms with Crippen molar-refractivity contribution in [2.24, 2.45) is 5.73 Å². The molecule has 0 saturated heterocycles. The Morgan fingerprint density at radius 2 is 1.89 bits per heavy atom. The molecule has 3 rings (SSSR count). The number of carbonyl (C=O) groups excluding carboxylic acids is 1. The van der Waals surface area contributed by atoms with Crippen molar-refractivity contribution in [3.05, 3.63) is 94.3 Å². The van der Waals surface area contributed by atoms with Gasteiger partial charge in [-0.1, -0.05) is 48.5 Å². The molecule has 5 nitrogen and oxygen atoms in total. The van der Waals surface area contributed by atoms with Crippen LogP contribution < -0.4 is 5.73 Å². The highest BCUT2D eigenvalue weighted by atomic mass is 19.1. The van der Waals surface area contributed by atoms with E-state index in [1.54, 1.807) is 6.07 Å². The minimum Gasteiger partial charge on any atom is -0.457 e. The van der Waals surface area contributed by atoms with Gasteiger partial charge >= 0.3 is 5.97 Å². The van der Waals surface area contributed by atoms with Crippen LogP contribution in [0, 0.1) is 17.1 Å². The van der Waals surface area contributed by atoms with Crippen LogP contribution >= 0.6 is 0 Å². The number of esters is 1. The van der Waals surface area contributed by atoms with Gasteiger partial charge in [-0.05, 0) is 18.6 Å². The van der Waals surface area contributed by atoms with Gasteiger partial charge in [0.05, 0.1) is 11.5 Å². The first-order valence-corrected chi connectivity index (χ1v) is 8.26. The summed E-state index contributed by atoms with van der Waals surface area (Å²) in [5, 5.41) is 9.51. The van der Waals surface area contributed by atoms with E-state index in [1.165, 1.54) is 25.1 Å². The largest absolute Gasteiger partial charge is 0.457 e. The third-order valence-electron chi connectivity index (χ3n) is 4.25. The van der Waals surface area contributed by atoms with E-state index in [0.29, 0.717) is 0 Å². The van der Waals surface area contributed by atoms with Gasteiger partial charge in [0.2, 0.25) is 5.88 Å². The van der Waals surface area contributed by atoms with Crippen molar-refractivity contribution in [3.63, 3.8) is 0 Å². The fourth-order valence-electron chi connectivity index (χ4n) is 2.97. The molecule has 1 heterocycles. The normalized spacial score (nSPS) is 16.6. The average molecular weight is 364 g/mol. The van der Waals surface area contributed by atoms with Crippen LogP contribution in [-0.2, 0) is 20.9 Å². The second kappa shape index (κ2) is 7.75. The van der Waals surface area contributed by atoms with Crippen molar-refractivity contribution < 1.29 is 18.7 Å². The van der Waals surface area contributed by atoms with Crippen molar-refractivity contribution >= 4 is 5.97 Å². The van der Waals surface area contributed by atoms with Crippen LogP contribution in [0.1, 0.15) is 24.0 Å². The summed E-state index contributed by atoms with van der Waals surface area (Å²) in [6.45, 7) is 1.58. The van der Waals surface area contributed by atoms with Crippen LogP contribution in [0.2, 0.25) is 0 Å². The van der Waals surface area contributed by atoms with E-state index >= 15 is 0 Å². The zero-order chi connectivity index (χ0) is 19.4. The molecule has 2 aromatic carbocycles. The average Bonchev–Trinajstić information content (AvgIpc) is 2.67. The number of rotatable bonds is 4. The summed E-state index contributed by atoms with van der Waals surface area (Å²) in [5.74, 6) is -2.20. The van der Waals surface area contributed by atoms with E-state index < -0.39 is 17.7 Å². The third kappa shape index (κ3) is 3.67. The first-order valence-electron chi connectivity index (χ1n) is 8.26. The van der Waals surface area contributed by atoms with E-state index in [9.17, 15) is 14.4 Å². The lowest BCUT2D eigenvalue weighted by atomic mass is 9.83. The van der Waals surface area contributed by atoms with Gasteiger partial charge in [-0.15, -0.1) is 0 Å². The Bertz CT molecular complexity index is 974. The molecule has 0 amide bonds. The standard InChI is InChI=1S/C21H17FN2O3/c1-13-18(21(25)26-12-14-7-3-2-4-8-14)19(16(11-23)20(24)27-13)15-9-5-6-10-17(15)22/h2-10,19H,12,24H2,1H3/t19-/m0/s1. The maximum atomic E-state index is 14.4. The monoisotopic (exact) mass is 364 g/mol. The minimum atomic E-state index is -0.992. The van der Waals surface area contributed by atoms with Crippen molar-refractivity contribution in [3.8, 4) is 6.07 Å². The maximum absolute atomic E-state index is 14.4. The summed E-state index contributed by atoms with van der Waals surface area (Å²) in [6, 6.07) is 17.0. The van der Waals surface area contributed by atoms with E-state index in [4.69, 9.17) is 15.2 Å². The Labute approximate surface area is 156 Å². The molecule has 0 aliphatic carbocycles. The van der Waals surface area contributed by atoms with Gasteiger partial charge in [0.1, 0.15) is 29.8 Å². The molecule has 0 fully saturated rings. The highest BCUT2D eigenvalue weighted by Gasteiger charge is 2.37. The Morgan fingerprint density at radius 1 is 1.22 bits per heavy atom. The summed E-state index contributed by atoms with van der Waals surface area (Å²) in [4.78, 5) is 12.8. The summed E-state index contributed by atoms with van der Waals surface area (Å²) in [7, 11) is 0. The van der Waals surface area contributed by atoms with Gasteiger partial charge in [0, 0.05) is 5.56 Å². The predicted molar refractivity (Wildman–Crippen MR) is 96.0 cm³/mol. The smallest absolute Gasteiger partial charge is 0.338 e. The molecule has 1 aliphatic heterocycles. The van der Waals surface area contributed by atoms with Gasteiger partial charge in [-0.25, -0.2) is 9.18 Å². The lowest BCUT2D eigenvalue weighted by Crippen LogP contribution is -2.26. The van der Waals surface area contributed by atoms with E-state index in [2.05, 4.69) is 0 Å². The van der Waals surface area contributed by atoms with Gasteiger partial charge in [-0.2, -0.15) is 5.26 Å². The summed E-state index contributed by atoms with van der Waals surface area (Å²) < 4.78 is 25.2. The quantitative estimate of drug-likeness (QED) is 0.837. The third-order valence-corrected chi connectivity index (χ3v) is 4.25. The fourth-order valence-corrected chi connectivity index (χ4v) is 2.97. The molecule has 2 N–H and O–H groups in total. The van der Waals surface area contributed by atoms with E-state index in [-0.39, 0.29) is 35.0 Å². The number of nitriles is 1. The maximum Gasteiger partial charge on any atom is 0.338 e. The topological polar surface area (TPSA) is 85.3 Å².